The van der Waals surface area contributed by atoms with E-state index in [0.717, 1.165) is 36.8 Å². The number of aromatic hydroxyl groups is 1. The number of carbonyl (C=O) groups excluding carboxylic acids is 10. The molecular formula is C79H111BN6O31. The van der Waals surface area contributed by atoms with Gasteiger partial charge in [-0.3, -0.25) is 33.8 Å². The van der Waals surface area contributed by atoms with Gasteiger partial charge in [-0.1, -0.05) is 91.0 Å². The van der Waals surface area contributed by atoms with Crippen molar-refractivity contribution in [3.8, 4) is 17.7 Å². The summed E-state index contributed by atoms with van der Waals surface area (Å²) in [7, 11) is 8.13. The second-order valence-corrected chi connectivity index (χ2v) is 27.6. The molecule has 117 heavy (non-hydrogen) atoms. The second kappa shape index (κ2) is 57.1. The van der Waals surface area contributed by atoms with Gasteiger partial charge >= 0.3 is 89.1 Å². The maximum absolute atomic E-state index is 12.0. The first-order chi connectivity index (χ1) is 55.6. The number of amides is 4. The third-order valence-electron chi connectivity index (χ3n) is 16.9. The van der Waals surface area contributed by atoms with Crippen molar-refractivity contribution in [1.82, 2.24) is 29.9 Å². The molecule has 4 aromatic rings. The standard InChI is InChI=1S/3C15H19NO5.C12H21NO5.C7H13NO3.C7H7NO3.C4H8O.C2HBO2.C2H4O2/c3*1-20-14(18)12-7-13(17)9-16(8-12)15(19)21-10-11-5-3-2-4-6-11;1-12(2,3)18-11(16)13-6-8(10(15)17-4)5-9(14)7-13;2*1-11-7(10)5-2-6(9)4-8-3-5;1-2-4-5-3-1;4-2-1-3-5;1-2(3)4/h3*2-6,12-13,17H,7-10H2,1H3;8-9,14H,5-7H2,1-4H3;5-6,8-9H,2-4H2,1H3;2-4,9H,1H3;1-4H2;4H;1H3,(H,3,4)/t2*12-,13+;;;;;;;/m10......./s1. The quantitative estimate of drug-likeness (QED) is 0.0414. The first-order valence-electron chi connectivity index (χ1n) is 37.1. The number of hydrogen-bond acceptors (Lipinski definition) is 32. The molecule has 4 amide bonds. The number of aliphatic hydroxyl groups is 6. The van der Waals surface area contributed by atoms with E-state index in [1.165, 1.54) is 99.7 Å². The zero-order valence-corrected chi connectivity index (χ0v) is 67.5. The fraction of sp³-hybridized carbons (Fsp3) is 0.544. The van der Waals surface area contributed by atoms with Crippen LogP contribution >= 0.6 is 0 Å². The SMILES string of the molecule is C1CCOC1.CC(=O)O.COC(=O)C1CC(O)CN(C(=O)OC(C)(C)C)C1.COC(=O)C1CC(O)CN(C(=O)OCc2ccccc2)C1.COC(=O)C1CNCC(O)C1.COC(=O)[C@@H]1C[C@H](O)CN(C(=O)OCc2ccccc2)C1.COC(=O)[C@H]1C[C@@H](O)CN(C(=O)OCc2ccccc2)C1.COC(=O)c1cncc(O)c1.O=BC#CO. The summed E-state index contributed by atoms with van der Waals surface area (Å²) in [5, 5.41) is 74.9. The van der Waals surface area contributed by atoms with E-state index in [-0.39, 0.29) is 95.4 Å². The summed E-state index contributed by atoms with van der Waals surface area (Å²) >= 11 is 0. The summed E-state index contributed by atoms with van der Waals surface area (Å²) < 4.78 is 62.4. The summed E-state index contributed by atoms with van der Waals surface area (Å²) in [6, 6.07) is 29.3. The van der Waals surface area contributed by atoms with Gasteiger partial charge in [0.15, 0.2) is 0 Å². The fourth-order valence-corrected chi connectivity index (χ4v) is 11.5. The molecule has 0 spiro atoms. The number of aromatic nitrogens is 1. The third-order valence-corrected chi connectivity index (χ3v) is 16.9. The van der Waals surface area contributed by atoms with Crippen molar-refractivity contribution in [3.05, 3.63) is 132 Å². The van der Waals surface area contributed by atoms with Crippen LogP contribution in [0.3, 0.4) is 0 Å². The molecule has 9 N–H and O–H groups in total. The van der Waals surface area contributed by atoms with E-state index in [0.29, 0.717) is 52.3 Å². The Labute approximate surface area is 679 Å². The number of hydrogen-bond donors (Lipinski definition) is 9. The number of carboxylic acid groups (broad SMARTS) is 1. The number of nitrogens with one attached hydrogen (secondary N) is 1. The van der Waals surface area contributed by atoms with Gasteiger partial charge in [-0.05, 0) is 88.5 Å². The van der Waals surface area contributed by atoms with E-state index >= 15 is 0 Å². The molecule has 1 aromatic heterocycles. The molecule has 0 aliphatic carbocycles. The van der Waals surface area contributed by atoms with E-state index in [1.807, 2.05) is 91.0 Å². The minimum atomic E-state index is -0.833. The number of ether oxygens (including phenoxy) is 11. The molecule has 0 saturated carbocycles. The topological polar surface area (TPSA) is 506 Å². The first kappa shape index (κ1) is 102. The molecule has 6 saturated heterocycles. The predicted octanol–water partition coefficient (Wildman–Crippen LogP) is 4.23. The van der Waals surface area contributed by atoms with Gasteiger partial charge in [0.25, 0.3) is 5.97 Å². The first-order valence-corrected chi connectivity index (χ1v) is 37.1. The van der Waals surface area contributed by atoms with Gasteiger partial charge in [-0.2, -0.15) is 0 Å². The Hall–Kier alpha value is -11.1. The van der Waals surface area contributed by atoms with Crippen LogP contribution in [0.4, 0.5) is 19.2 Å². The number of piperidine rings is 5. The van der Waals surface area contributed by atoms with Gasteiger partial charge in [-0.15, -0.1) is 0 Å². The monoisotopic (exact) mass is 1650 g/mol. The molecule has 37 nitrogen and oxygen atoms in total. The van der Waals surface area contributed by atoms with E-state index in [2.05, 4.69) is 38.7 Å². The van der Waals surface area contributed by atoms with Crippen LogP contribution in [0.5, 0.6) is 5.75 Å². The molecule has 3 aromatic carbocycles. The van der Waals surface area contributed by atoms with Crippen molar-refractivity contribution < 1.29 is 150 Å². The van der Waals surface area contributed by atoms with Gasteiger partial charge < -0.3 is 113 Å². The van der Waals surface area contributed by atoms with Gasteiger partial charge in [0.2, 0.25) is 0 Å². The molecule has 6 fully saturated rings. The third kappa shape index (κ3) is 43.5. The molecule has 38 heteroatoms. The Morgan fingerprint density at radius 3 is 1.05 bits per heavy atom. The fourth-order valence-electron chi connectivity index (χ4n) is 11.5. The zero-order valence-electron chi connectivity index (χ0n) is 67.5. The van der Waals surface area contributed by atoms with Crippen molar-refractivity contribution >= 4 is 73.3 Å². The van der Waals surface area contributed by atoms with Crippen molar-refractivity contribution in [2.24, 2.45) is 29.6 Å². The average molecular weight is 1650 g/mol. The molecule has 6 aliphatic heterocycles. The van der Waals surface area contributed by atoms with Gasteiger partial charge in [0.1, 0.15) is 31.2 Å². The number of methoxy groups -OCH3 is 6. The van der Waals surface area contributed by atoms with E-state index in [9.17, 15) is 68.4 Å². The maximum atomic E-state index is 12.0. The van der Waals surface area contributed by atoms with Crippen LogP contribution in [0, 0.1) is 41.5 Å². The molecule has 0 bridgehead atoms. The Kier molecular flexibility index (Phi) is 49.7. The number of carboxylic acids is 1. The number of likely N-dealkylation sites (tertiary alicyclic amines) is 4. The van der Waals surface area contributed by atoms with Crippen molar-refractivity contribution in [3.63, 3.8) is 0 Å². The number of nitrogens with zero attached hydrogens (tertiary/aromatic N) is 5. The molecule has 7 heterocycles. The van der Waals surface area contributed by atoms with Gasteiger partial charge in [0, 0.05) is 91.8 Å². The Bertz CT molecular complexity index is 3490. The predicted molar refractivity (Wildman–Crippen MR) is 413 cm³/mol. The summed E-state index contributed by atoms with van der Waals surface area (Å²) in [6.07, 6.45) is 2.76. The summed E-state index contributed by atoms with van der Waals surface area (Å²) in [6.45, 7) is 11.6. The number of aliphatic hydroxyl groups excluding tert-OH is 6. The van der Waals surface area contributed by atoms with E-state index in [1.54, 1.807) is 26.6 Å². The van der Waals surface area contributed by atoms with Gasteiger partial charge in [0.05, 0.1) is 115 Å². The van der Waals surface area contributed by atoms with Crippen LogP contribution in [0.2, 0.25) is 0 Å². The van der Waals surface area contributed by atoms with Crippen LogP contribution in [0.1, 0.15) is 99.7 Å². The number of rotatable bonds is 12. The molecule has 10 atom stereocenters. The van der Waals surface area contributed by atoms with Crippen LogP contribution in [-0.4, -0.2) is 296 Å². The molecular weight excluding hydrogens is 1540 g/mol. The number of β-amino-alcohol motifs (C(OH)–C–C–N with tert-alkyl or cyclic N) is 5. The summed E-state index contributed by atoms with van der Waals surface area (Å²) in [4.78, 5) is 134. The van der Waals surface area contributed by atoms with Crippen molar-refractivity contribution in [2.45, 2.75) is 129 Å². The zero-order chi connectivity index (χ0) is 87.4. The Morgan fingerprint density at radius 1 is 0.479 bits per heavy atom. The number of esters is 6. The minimum absolute atomic E-state index is 0.0482. The van der Waals surface area contributed by atoms with Crippen LogP contribution in [0.15, 0.2) is 109 Å². The Morgan fingerprint density at radius 2 is 0.795 bits per heavy atom. The summed E-state index contributed by atoms with van der Waals surface area (Å²) in [5.41, 5.74) is 2.29. The Balaban J connectivity index is 0.000000466. The van der Waals surface area contributed by atoms with Crippen molar-refractivity contribution in [1.29, 1.82) is 0 Å². The number of pyridine rings is 1. The van der Waals surface area contributed by atoms with Crippen molar-refractivity contribution in [2.75, 3.05) is 121 Å². The molecule has 0 radical (unpaired) electrons. The van der Waals surface area contributed by atoms with Crippen LogP contribution in [-0.2, 0) is 105 Å². The molecule has 10 rings (SSSR count). The second-order valence-electron chi connectivity index (χ2n) is 27.6. The number of aliphatic carboxylic acids is 1. The number of benzene rings is 3. The molecule has 646 valence electrons. The molecule has 6 aliphatic rings. The number of carbonyl (C=O) groups is 11. The van der Waals surface area contributed by atoms with Crippen LogP contribution < -0.4 is 5.32 Å². The summed E-state index contributed by atoms with van der Waals surface area (Å²) in [5.74, 6) is -3.78. The van der Waals surface area contributed by atoms with E-state index < -0.39 is 120 Å². The normalized spacial score (nSPS) is 20.7. The van der Waals surface area contributed by atoms with E-state index in [4.69, 9.17) is 53.6 Å². The van der Waals surface area contributed by atoms with Gasteiger partial charge in [-0.25, -0.2) is 24.0 Å². The van der Waals surface area contributed by atoms with Crippen LogP contribution in [0.25, 0.3) is 0 Å². The average Bonchev–Trinajstić information content (AvgIpc) is 1.33. The molecule has 6 unspecified atom stereocenters.